The number of hydrogen-bond donors (Lipinski definition) is 2. The van der Waals surface area contributed by atoms with Crippen LogP contribution in [0.4, 0.5) is 5.95 Å². The van der Waals surface area contributed by atoms with Crippen molar-refractivity contribution in [3.05, 3.63) is 42.5 Å². The topological polar surface area (TPSA) is 92.2 Å². The zero-order valence-electron chi connectivity index (χ0n) is 13.5. The Bertz CT molecular complexity index is 706. The Balaban J connectivity index is 1.47. The van der Waals surface area contributed by atoms with E-state index in [4.69, 9.17) is 0 Å². The van der Waals surface area contributed by atoms with Crippen molar-refractivity contribution in [3.8, 4) is 0 Å². The molecule has 0 radical (unpaired) electrons. The summed E-state index contributed by atoms with van der Waals surface area (Å²) in [5, 5.41) is 0. The maximum atomic E-state index is 12.2. The van der Waals surface area contributed by atoms with Crippen LogP contribution in [0.3, 0.4) is 0 Å². The van der Waals surface area contributed by atoms with Crippen molar-refractivity contribution in [2.24, 2.45) is 13.0 Å². The largest absolute Gasteiger partial charge is 0.347 e. The van der Waals surface area contributed by atoms with E-state index in [0.717, 1.165) is 0 Å². The molecule has 0 aromatic carbocycles. The van der Waals surface area contributed by atoms with E-state index in [-0.39, 0.29) is 17.7 Å². The number of aryl methyl sites for hydroxylation is 1. The van der Waals surface area contributed by atoms with Gasteiger partial charge < -0.3 is 9.47 Å². The number of anilines is 1. The van der Waals surface area contributed by atoms with Crippen molar-refractivity contribution in [2.45, 2.75) is 12.8 Å². The molecule has 0 bridgehead atoms. The molecule has 2 N–H and O–H groups in total. The molecule has 0 aliphatic carbocycles. The van der Waals surface area contributed by atoms with E-state index in [1.807, 2.05) is 0 Å². The minimum Gasteiger partial charge on any atom is -0.347 e. The van der Waals surface area contributed by atoms with Crippen molar-refractivity contribution in [3.63, 3.8) is 0 Å². The van der Waals surface area contributed by atoms with Crippen molar-refractivity contribution in [1.29, 1.82) is 0 Å². The summed E-state index contributed by atoms with van der Waals surface area (Å²) in [7, 11) is 1.78. The highest BCUT2D eigenvalue weighted by Gasteiger charge is 2.26. The number of hydrazine groups is 1. The summed E-state index contributed by atoms with van der Waals surface area (Å²) in [6.45, 7) is 1.43. The third-order valence-corrected chi connectivity index (χ3v) is 4.18. The molecule has 0 spiro atoms. The molecule has 2 aromatic rings. The molecule has 126 valence electrons. The van der Waals surface area contributed by atoms with Gasteiger partial charge in [-0.2, -0.15) is 0 Å². The van der Waals surface area contributed by atoms with Crippen LogP contribution in [0.25, 0.3) is 0 Å². The summed E-state index contributed by atoms with van der Waals surface area (Å²) >= 11 is 0. The molecule has 2 aromatic heterocycles. The minimum absolute atomic E-state index is 0.126. The molecule has 3 heterocycles. The third-order valence-electron chi connectivity index (χ3n) is 4.18. The van der Waals surface area contributed by atoms with Crippen molar-refractivity contribution >= 4 is 17.8 Å². The Kier molecular flexibility index (Phi) is 4.74. The predicted molar refractivity (Wildman–Crippen MR) is 88.0 cm³/mol. The van der Waals surface area contributed by atoms with E-state index >= 15 is 0 Å². The maximum Gasteiger partial charge on any atom is 0.286 e. The van der Waals surface area contributed by atoms with Gasteiger partial charge in [0.25, 0.3) is 5.91 Å². The second-order valence-corrected chi connectivity index (χ2v) is 5.76. The Hall–Kier alpha value is -2.90. The Morgan fingerprint density at radius 3 is 2.46 bits per heavy atom. The molecular weight excluding hydrogens is 308 g/mol. The van der Waals surface area contributed by atoms with Crippen LogP contribution >= 0.6 is 0 Å². The zero-order chi connectivity index (χ0) is 16.9. The fraction of sp³-hybridized carbons (Fsp3) is 0.375. The normalized spacial score (nSPS) is 15.1. The van der Waals surface area contributed by atoms with E-state index in [2.05, 4.69) is 25.7 Å². The average Bonchev–Trinajstić information content (AvgIpc) is 3.06. The van der Waals surface area contributed by atoms with Crippen LogP contribution in [-0.2, 0) is 11.8 Å². The van der Waals surface area contributed by atoms with Gasteiger partial charge in [0.05, 0.1) is 0 Å². The highest BCUT2D eigenvalue weighted by molar-refractivity contribution is 5.94. The summed E-state index contributed by atoms with van der Waals surface area (Å²) in [4.78, 5) is 34.7. The number of rotatable bonds is 3. The highest BCUT2D eigenvalue weighted by Crippen LogP contribution is 2.20. The monoisotopic (exact) mass is 328 g/mol. The van der Waals surface area contributed by atoms with Gasteiger partial charge in [0.1, 0.15) is 5.69 Å². The molecule has 3 rings (SSSR count). The lowest BCUT2D eigenvalue weighted by Crippen LogP contribution is -2.47. The van der Waals surface area contributed by atoms with Crippen LogP contribution in [0.1, 0.15) is 23.3 Å². The number of carbonyl (C=O) groups is 2. The lowest BCUT2D eigenvalue weighted by atomic mass is 9.96. The molecule has 0 saturated carbocycles. The molecule has 24 heavy (non-hydrogen) atoms. The first-order chi connectivity index (χ1) is 11.6. The van der Waals surface area contributed by atoms with Crippen LogP contribution in [0.2, 0.25) is 0 Å². The molecule has 1 aliphatic rings. The standard InChI is InChI=1S/C16H20N6O2/c1-21-9-2-4-13(21)15(24)20-19-14(23)12-5-10-22(11-6-12)16-17-7-3-8-18-16/h2-4,7-9,12H,5-6,10-11H2,1H3,(H,19,23)(H,20,24). The summed E-state index contributed by atoms with van der Waals surface area (Å²) in [6, 6.07) is 5.25. The molecule has 1 aliphatic heterocycles. The number of amides is 2. The average molecular weight is 328 g/mol. The summed E-state index contributed by atoms with van der Waals surface area (Å²) in [5.74, 6) is 0.0733. The van der Waals surface area contributed by atoms with Crippen molar-refractivity contribution in [1.82, 2.24) is 25.4 Å². The number of nitrogens with zero attached hydrogens (tertiary/aromatic N) is 4. The molecule has 2 amide bonds. The molecule has 1 saturated heterocycles. The summed E-state index contributed by atoms with van der Waals surface area (Å²) < 4.78 is 1.69. The van der Waals surface area contributed by atoms with Gasteiger partial charge in [-0.05, 0) is 31.0 Å². The first-order valence-corrected chi connectivity index (χ1v) is 7.88. The van der Waals surface area contributed by atoms with E-state index < -0.39 is 0 Å². The van der Waals surface area contributed by atoms with Crippen LogP contribution in [0, 0.1) is 5.92 Å². The lowest BCUT2D eigenvalue weighted by molar-refractivity contribution is -0.126. The smallest absolute Gasteiger partial charge is 0.286 e. The molecule has 0 atom stereocenters. The van der Waals surface area contributed by atoms with Gasteiger partial charge in [-0.1, -0.05) is 0 Å². The molecule has 8 nitrogen and oxygen atoms in total. The summed E-state index contributed by atoms with van der Waals surface area (Å²) in [6.07, 6.45) is 6.59. The first-order valence-electron chi connectivity index (χ1n) is 7.88. The number of aromatic nitrogens is 3. The van der Waals surface area contributed by atoms with E-state index in [1.54, 1.807) is 48.4 Å². The maximum absolute atomic E-state index is 12.2. The number of carbonyl (C=O) groups excluding carboxylic acids is 2. The SMILES string of the molecule is Cn1cccc1C(=O)NNC(=O)C1CCN(c2ncccn2)CC1. The van der Waals surface area contributed by atoms with Crippen LogP contribution < -0.4 is 15.8 Å². The Labute approximate surface area is 139 Å². The van der Waals surface area contributed by atoms with E-state index in [9.17, 15) is 9.59 Å². The van der Waals surface area contributed by atoms with Gasteiger partial charge in [0.2, 0.25) is 11.9 Å². The Morgan fingerprint density at radius 2 is 1.83 bits per heavy atom. The van der Waals surface area contributed by atoms with Gasteiger partial charge in [0.15, 0.2) is 0 Å². The van der Waals surface area contributed by atoms with Gasteiger partial charge in [-0.3, -0.25) is 20.4 Å². The minimum atomic E-state index is -0.328. The highest BCUT2D eigenvalue weighted by atomic mass is 16.2. The van der Waals surface area contributed by atoms with Gasteiger partial charge in [-0.15, -0.1) is 0 Å². The van der Waals surface area contributed by atoms with Gasteiger partial charge in [-0.25, -0.2) is 9.97 Å². The molecule has 8 heteroatoms. The first kappa shape index (κ1) is 16.0. The van der Waals surface area contributed by atoms with Gasteiger partial charge >= 0.3 is 0 Å². The van der Waals surface area contributed by atoms with Crippen molar-refractivity contribution in [2.75, 3.05) is 18.0 Å². The third kappa shape index (κ3) is 3.53. The summed E-state index contributed by atoms with van der Waals surface area (Å²) in [5.41, 5.74) is 5.48. The fourth-order valence-corrected chi connectivity index (χ4v) is 2.78. The van der Waals surface area contributed by atoms with Crippen LogP contribution in [-0.4, -0.2) is 39.4 Å². The van der Waals surface area contributed by atoms with E-state index in [0.29, 0.717) is 37.6 Å². The lowest BCUT2D eigenvalue weighted by Gasteiger charge is -2.31. The quantitative estimate of drug-likeness (QED) is 0.800. The van der Waals surface area contributed by atoms with E-state index in [1.165, 1.54) is 0 Å². The fourth-order valence-electron chi connectivity index (χ4n) is 2.78. The van der Waals surface area contributed by atoms with Crippen molar-refractivity contribution < 1.29 is 9.59 Å². The van der Waals surface area contributed by atoms with Crippen LogP contribution in [0.5, 0.6) is 0 Å². The number of piperidine rings is 1. The Morgan fingerprint density at radius 1 is 1.12 bits per heavy atom. The van der Waals surface area contributed by atoms with Crippen LogP contribution in [0.15, 0.2) is 36.8 Å². The number of hydrogen-bond acceptors (Lipinski definition) is 5. The second kappa shape index (κ2) is 7.12. The zero-order valence-corrected chi connectivity index (χ0v) is 13.5. The molecular formula is C16H20N6O2. The second-order valence-electron chi connectivity index (χ2n) is 5.76. The molecule has 0 unspecified atom stereocenters. The number of nitrogens with one attached hydrogen (secondary N) is 2. The van der Waals surface area contributed by atoms with Gasteiger partial charge in [0, 0.05) is 44.6 Å². The predicted octanol–water partition coefficient (Wildman–Crippen LogP) is 0.493. The molecule has 1 fully saturated rings.